The minimum absolute atomic E-state index is 0.307. The summed E-state index contributed by atoms with van der Waals surface area (Å²) < 4.78 is 18.1. The molecule has 3 aromatic rings. The smallest absolute Gasteiger partial charge is 0.160 e. The van der Waals surface area contributed by atoms with Gasteiger partial charge in [0.25, 0.3) is 0 Å². The van der Waals surface area contributed by atoms with Gasteiger partial charge < -0.3 is 4.74 Å². The third kappa shape index (κ3) is 2.18. The van der Waals surface area contributed by atoms with E-state index in [0.717, 1.165) is 0 Å². The largest absolute Gasteiger partial charge is 0.495 e. The average molecular weight is 288 g/mol. The van der Waals surface area contributed by atoms with Crippen molar-refractivity contribution in [3.8, 4) is 17.1 Å². The summed E-state index contributed by atoms with van der Waals surface area (Å²) in [5.74, 6) is 0.669. The third-order valence-electron chi connectivity index (χ3n) is 2.90. The fourth-order valence-corrected chi connectivity index (χ4v) is 2.16. The van der Waals surface area contributed by atoms with Crippen molar-refractivity contribution >= 4 is 22.5 Å². The molecule has 3 rings (SSSR count). The Balaban J connectivity index is 2.18. The van der Waals surface area contributed by atoms with Crippen LogP contribution in [0.5, 0.6) is 5.75 Å². The Morgan fingerprint density at radius 2 is 1.90 bits per heavy atom. The molecule has 1 radical (unpaired) electrons. The van der Waals surface area contributed by atoms with Crippen molar-refractivity contribution in [3.63, 3.8) is 0 Å². The Labute approximate surface area is 120 Å². The summed E-state index contributed by atoms with van der Waals surface area (Å²) in [6, 6.07) is 9.46. The van der Waals surface area contributed by atoms with E-state index in [-0.39, 0.29) is 5.82 Å². The molecule has 0 aliphatic carbocycles. The number of hydrogen-bond donors (Lipinski definition) is 0. The van der Waals surface area contributed by atoms with E-state index >= 15 is 0 Å². The van der Waals surface area contributed by atoms with Crippen LogP contribution in [-0.2, 0) is 0 Å². The van der Waals surface area contributed by atoms with Gasteiger partial charge in [0.1, 0.15) is 22.8 Å². The van der Waals surface area contributed by atoms with Crippen molar-refractivity contribution in [2.75, 3.05) is 7.11 Å². The van der Waals surface area contributed by atoms with Crippen LogP contribution in [-0.4, -0.2) is 17.1 Å². The summed E-state index contributed by atoms with van der Waals surface area (Å²) in [5.41, 5.74) is 1.25. The fraction of sp³-hybridized carbons (Fsp3) is 0.0667. The zero-order chi connectivity index (χ0) is 14.1. The predicted molar refractivity (Wildman–Crippen MR) is 75.3 cm³/mol. The molecular formula is C15H9ClFN2O. The van der Waals surface area contributed by atoms with Gasteiger partial charge in [0, 0.05) is 10.9 Å². The first-order chi connectivity index (χ1) is 9.69. The molecule has 0 atom stereocenters. The summed E-state index contributed by atoms with van der Waals surface area (Å²) in [6.45, 7) is 0. The number of benzene rings is 2. The third-order valence-corrected chi connectivity index (χ3v) is 3.27. The summed E-state index contributed by atoms with van der Waals surface area (Å²) in [7, 11) is 1.54. The topological polar surface area (TPSA) is 35.0 Å². The van der Waals surface area contributed by atoms with Gasteiger partial charge in [0.2, 0.25) is 0 Å². The maximum absolute atomic E-state index is 12.9. The molecular weight excluding hydrogens is 279 g/mol. The second-order valence-electron chi connectivity index (χ2n) is 4.14. The van der Waals surface area contributed by atoms with Crippen LogP contribution < -0.4 is 4.74 Å². The number of hydrogen-bond acceptors (Lipinski definition) is 3. The second-order valence-corrected chi connectivity index (χ2v) is 4.52. The maximum atomic E-state index is 12.9. The second kappa shape index (κ2) is 5.06. The highest BCUT2D eigenvalue weighted by Gasteiger charge is 2.10. The van der Waals surface area contributed by atoms with Crippen molar-refractivity contribution in [2.24, 2.45) is 0 Å². The lowest BCUT2D eigenvalue weighted by molar-refractivity contribution is 0.415. The number of methoxy groups -OCH3 is 1. The molecule has 0 N–H and O–H groups in total. The van der Waals surface area contributed by atoms with Crippen molar-refractivity contribution in [1.82, 2.24) is 9.97 Å². The first kappa shape index (κ1) is 12.8. The molecule has 2 aromatic carbocycles. The Morgan fingerprint density at radius 1 is 1.15 bits per heavy atom. The molecule has 3 nitrogen and oxygen atoms in total. The quantitative estimate of drug-likeness (QED) is 0.717. The first-order valence-corrected chi connectivity index (χ1v) is 6.24. The molecule has 0 aliphatic heterocycles. The molecule has 0 aliphatic rings. The van der Waals surface area contributed by atoms with E-state index < -0.39 is 0 Å². The molecule has 5 heteroatoms. The minimum atomic E-state index is -0.307. The van der Waals surface area contributed by atoms with Crippen LogP contribution in [0.25, 0.3) is 22.3 Å². The van der Waals surface area contributed by atoms with E-state index in [0.29, 0.717) is 33.1 Å². The molecule has 0 fully saturated rings. The zero-order valence-corrected chi connectivity index (χ0v) is 11.3. The number of rotatable bonds is 2. The van der Waals surface area contributed by atoms with Crippen molar-refractivity contribution in [1.29, 1.82) is 0 Å². The zero-order valence-electron chi connectivity index (χ0n) is 10.5. The number of fused-ring (bicyclic) bond motifs is 1. The van der Waals surface area contributed by atoms with Crippen LogP contribution in [0.1, 0.15) is 0 Å². The predicted octanol–water partition coefficient (Wildman–Crippen LogP) is 3.90. The minimum Gasteiger partial charge on any atom is -0.495 e. The van der Waals surface area contributed by atoms with Crippen molar-refractivity contribution in [2.45, 2.75) is 0 Å². The first-order valence-electron chi connectivity index (χ1n) is 5.87. The highest BCUT2D eigenvalue weighted by molar-refractivity contribution is 6.36. The van der Waals surface area contributed by atoms with Crippen molar-refractivity contribution in [3.05, 3.63) is 53.4 Å². The van der Waals surface area contributed by atoms with Crippen molar-refractivity contribution < 1.29 is 9.13 Å². The molecule has 0 spiro atoms. The molecule has 1 aromatic heterocycles. The van der Waals surface area contributed by atoms with Gasteiger partial charge in [-0.15, -0.1) is 0 Å². The van der Waals surface area contributed by atoms with Gasteiger partial charge in [-0.1, -0.05) is 11.6 Å². The van der Waals surface area contributed by atoms with E-state index in [4.69, 9.17) is 16.3 Å². The highest BCUT2D eigenvalue weighted by atomic mass is 35.5. The van der Waals surface area contributed by atoms with Gasteiger partial charge in [0.05, 0.1) is 12.6 Å². The van der Waals surface area contributed by atoms with E-state index in [1.165, 1.54) is 12.1 Å². The van der Waals surface area contributed by atoms with Gasteiger partial charge in [-0.3, -0.25) is 0 Å². The van der Waals surface area contributed by atoms with Gasteiger partial charge in [0.15, 0.2) is 5.82 Å². The molecule has 0 bridgehead atoms. The fourth-order valence-electron chi connectivity index (χ4n) is 1.88. The SMILES string of the molecule is COc1ccc2[c]nc(-c3ccc(F)cc3)nc2c1Cl. The molecule has 0 saturated heterocycles. The van der Waals surface area contributed by atoms with E-state index in [1.807, 2.05) is 0 Å². The van der Waals surface area contributed by atoms with E-state index in [2.05, 4.69) is 16.2 Å². The summed E-state index contributed by atoms with van der Waals surface area (Å²) in [6.07, 6.45) is 2.88. The molecule has 0 amide bonds. The Kier molecular flexibility index (Phi) is 3.24. The van der Waals surface area contributed by atoms with Gasteiger partial charge in [-0.05, 0) is 36.4 Å². The Morgan fingerprint density at radius 3 is 2.60 bits per heavy atom. The van der Waals surface area contributed by atoms with Crippen LogP contribution in [0.15, 0.2) is 36.4 Å². The average Bonchev–Trinajstić information content (AvgIpc) is 2.48. The number of nitrogens with zero attached hydrogens (tertiary/aromatic N) is 2. The van der Waals surface area contributed by atoms with Crippen LogP contribution >= 0.6 is 11.6 Å². The highest BCUT2D eigenvalue weighted by Crippen LogP contribution is 2.31. The molecule has 0 unspecified atom stereocenters. The molecule has 99 valence electrons. The van der Waals surface area contributed by atoms with Crippen LogP contribution in [0.4, 0.5) is 4.39 Å². The summed E-state index contributed by atoms with van der Waals surface area (Å²) in [5, 5.41) is 1.11. The molecule has 20 heavy (non-hydrogen) atoms. The number of halogens is 2. The van der Waals surface area contributed by atoms with E-state index in [9.17, 15) is 4.39 Å². The Bertz CT molecular complexity index is 775. The summed E-state index contributed by atoms with van der Waals surface area (Å²) in [4.78, 5) is 8.55. The van der Waals surface area contributed by atoms with Gasteiger partial charge in [-0.2, -0.15) is 0 Å². The molecule has 1 heterocycles. The van der Waals surface area contributed by atoms with Crippen LogP contribution in [0, 0.1) is 12.0 Å². The lowest BCUT2D eigenvalue weighted by Crippen LogP contribution is -1.93. The Hall–Kier alpha value is -2.20. The maximum Gasteiger partial charge on any atom is 0.160 e. The summed E-state index contributed by atoms with van der Waals surface area (Å²) >= 11 is 6.23. The van der Waals surface area contributed by atoms with Crippen LogP contribution in [0.3, 0.4) is 0 Å². The van der Waals surface area contributed by atoms with Crippen LogP contribution in [0.2, 0.25) is 5.02 Å². The normalized spacial score (nSPS) is 10.8. The lowest BCUT2D eigenvalue weighted by atomic mass is 10.2. The van der Waals surface area contributed by atoms with Gasteiger partial charge >= 0.3 is 0 Å². The van der Waals surface area contributed by atoms with Gasteiger partial charge in [-0.25, -0.2) is 14.4 Å². The van der Waals surface area contributed by atoms with E-state index in [1.54, 1.807) is 31.4 Å². The molecule has 0 saturated carbocycles. The monoisotopic (exact) mass is 287 g/mol. The lowest BCUT2D eigenvalue weighted by Gasteiger charge is -2.07. The number of aromatic nitrogens is 2. The standard InChI is InChI=1S/C15H9ClFN2O/c1-20-12-7-4-10-8-18-15(19-14(10)13(12)16)9-2-5-11(17)6-3-9/h2-7H,1H3. The number of ether oxygens (including phenoxy) is 1.